The molecule has 0 aromatic rings. The number of aliphatic carboxylic acids is 1. The summed E-state index contributed by atoms with van der Waals surface area (Å²) >= 11 is 0. The third-order valence-electron chi connectivity index (χ3n) is 2.65. The van der Waals surface area contributed by atoms with Gasteiger partial charge in [-0.3, -0.25) is 9.59 Å². The highest BCUT2D eigenvalue weighted by Gasteiger charge is 2.20. The molecule has 0 amide bonds. The van der Waals surface area contributed by atoms with E-state index in [-0.39, 0.29) is 18.6 Å². The first kappa shape index (κ1) is 16.9. The van der Waals surface area contributed by atoms with Crippen molar-refractivity contribution in [2.24, 2.45) is 23.3 Å². The number of carboxylic acids is 1. The lowest BCUT2D eigenvalue weighted by Gasteiger charge is -2.18. The highest BCUT2D eigenvalue weighted by molar-refractivity contribution is 5.75. The molecule has 106 valence electrons. The van der Waals surface area contributed by atoms with Gasteiger partial charge in [-0.25, -0.2) is 0 Å². The smallest absolute Gasteiger partial charge is 0.324 e. The molecule has 5 N–H and O–H groups in total. The Hall–Kier alpha value is -1.14. The van der Waals surface area contributed by atoms with Crippen molar-refractivity contribution >= 4 is 11.9 Å². The Bertz CT molecular complexity index is 281. The molecule has 0 aromatic heterocycles. The van der Waals surface area contributed by atoms with Crippen molar-refractivity contribution < 1.29 is 19.4 Å². The Morgan fingerprint density at radius 2 is 1.72 bits per heavy atom. The molecular formula is C12H24N2O4. The number of esters is 1. The maximum Gasteiger partial charge on any atom is 0.324 e. The summed E-state index contributed by atoms with van der Waals surface area (Å²) in [5.74, 6) is -1.55. The quantitative estimate of drug-likeness (QED) is 0.542. The molecule has 4 atom stereocenters. The van der Waals surface area contributed by atoms with E-state index in [0.29, 0.717) is 12.3 Å². The van der Waals surface area contributed by atoms with E-state index in [1.54, 1.807) is 6.92 Å². The first-order valence-corrected chi connectivity index (χ1v) is 6.14. The van der Waals surface area contributed by atoms with E-state index in [1.165, 1.54) is 0 Å². The van der Waals surface area contributed by atoms with Crippen molar-refractivity contribution in [2.45, 2.75) is 45.7 Å². The molecule has 0 rings (SSSR count). The third-order valence-corrected chi connectivity index (χ3v) is 2.65. The maximum atomic E-state index is 11.6. The van der Waals surface area contributed by atoms with Crippen molar-refractivity contribution in [2.75, 3.05) is 6.61 Å². The van der Waals surface area contributed by atoms with Crippen molar-refractivity contribution in [1.29, 1.82) is 0 Å². The number of rotatable bonds is 8. The molecular weight excluding hydrogens is 236 g/mol. The van der Waals surface area contributed by atoms with E-state index in [4.69, 9.17) is 21.3 Å². The van der Waals surface area contributed by atoms with Gasteiger partial charge >= 0.3 is 11.9 Å². The Morgan fingerprint density at radius 3 is 2.17 bits per heavy atom. The molecule has 0 radical (unpaired) electrons. The lowest BCUT2D eigenvalue weighted by Crippen LogP contribution is -2.36. The van der Waals surface area contributed by atoms with E-state index in [9.17, 15) is 9.59 Å². The molecule has 0 saturated heterocycles. The monoisotopic (exact) mass is 260 g/mol. The first-order chi connectivity index (χ1) is 8.23. The standard InChI is InChI=1S/C12H24N2O4/c1-7(5-9(3)13)4-8(2)12(17)18-6-10(14)11(15)16/h7-10H,4-6,13-14H2,1-3H3,(H,15,16)/t7?,8?,9?,10-/m0/s1. The summed E-state index contributed by atoms with van der Waals surface area (Å²) in [5.41, 5.74) is 10.9. The van der Waals surface area contributed by atoms with Crippen molar-refractivity contribution in [1.82, 2.24) is 0 Å². The number of carbonyl (C=O) groups excluding carboxylic acids is 1. The third kappa shape index (κ3) is 7.24. The summed E-state index contributed by atoms with van der Waals surface area (Å²) in [6, 6.07) is -1.06. The molecule has 0 heterocycles. The number of hydrogen-bond acceptors (Lipinski definition) is 5. The highest BCUT2D eigenvalue weighted by atomic mass is 16.5. The van der Waals surface area contributed by atoms with Gasteiger partial charge in [0.05, 0.1) is 5.92 Å². The average molecular weight is 260 g/mol. The van der Waals surface area contributed by atoms with E-state index in [2.05, 4.69) is 0 Å². The number of hydrogen-bond donors (Lipinski definition) is 3. The van der Waals surface area contributed by atoms with Crippen LogP contribution in [0.25, 0.3) is 0 Å². The van der Waals surface area contributed by atoms with Gasteiger partial charge in [-0.15, -0.1) is 0 Å². The summed E-state index contributed by atoms with van der Waals surface area (Å²) in [6.45, 7) is 5.41. The summed E-state index contributed by atoms with van der Waals surface area (Å²) in [5, 5.41) is 8.55. The normalized spacial score (nSPS) is 17.6. The summed E-state index contributed by atoms with van der Waals surface area (Å²) < 4.78 is 4.86. The molecule has 0 aromatic carbocycles. The number of carbonyl (C=O) groups is 2. The van der Waals surface area contributed by atoms with Crippen LogP contribution in [-0.4, -0.2) is 35.7 Å². The average Bonchev–Trinajstić information content (AvgIpc) is 2.23. The highest BCUT2D eigenvalue weighted by Crippen LogP contribution is 2.17. The molecule has 18 heavy (non-hydrogen) atoms. The SMILES string of the molecule is CC(N)CC(C)CC(C)C(=O)OC[C@H](N)C(=O)O. The second kappa shape index (κ2) is 8.05. The van der Waals surface area contributed by atoms with Crippen LogP contribution in [-0.2, 0) is 14.3 Å². The minimum Gasteiger partial charge on any atom is -0.480 e. The van der Waals surface area contributed by atoms with Crippen LogP contribution in [0.2, 0.25) is 0 Å². The predicted octanol–water partition coefficient (Wildman–Crippen LogP) is 0.341. The van der Waals surface area contributed by atoms with Crippen molar-refractivity contribution in [3.63, 3.8) is 0 Å². The van der Waals surface area contributed by atoms with Crippen LogP contribution in [0.1, 0.15) is 33.6 Å². The first-order valence-electron chi connectivity index (χ1n) is 6.14. The van der Waals surface area contributed by atoms with Crippen molar-refractivity contribution in [3.8, 4) is 0 Å². The van der Waals surface area contributed by atoms with Gasteiger partial charge in [0.1, 0.15) is 12.6 Å². The number of carboxylic acid groups (broad SMARTS) is 1. The van der Waals surface area contributed by atoms with Crippen molar-refractivity contribution in [3.05, 3.63) is 0 Å². The molecule has 6 nitrogen and oxygen atoms in total. The fraction of sp³-hybridized carbons (Fsp3) is 0.833. The summed E-state index contributed by atoms with van der Waals surface area (Å²) in [4.78, 5) is 22.0. The lowest BCUT2D eigenvalue weighted by atomic mass is 9.92. The molecule has 0 saturated carbocycles. The maximum absolute atomic E-state index is 11.6. The Kier molecular flexibility index (Phi) is 7.54. The van der Waals surface area contributed by atoms with Crippen LogP contribution >= 0.6 is 0 Å². The molecule has 0 fully saturated rings. The minimum atomic E-state index is -1.18. The van der Waals surface area contributed by atoms with Gasteiger partial charge < -0.3 is 21.3 Å². The Labute approximate surface area is 108 Å². The largest absolute Gasteiger partial charge is 0.480 e. The van der Waals surface area contributed by atoms with Crippen LogP contribution < -0.4 is 11.5 Å². The fourth-order valence-corrected chi connectivity index (χ4v) is 1.82. The molecule has 0 bridgehead atoms. The minimum absolute atomic E-state index is 0.101. The van der Waals surface area contributed by atoms with Gasteiger partial charge in [0, 0.05) is 6.04 Å². The van der Waals surface area contributed by atoms with Gasteiger partial charge in [-0.05, 0) is 25.7 Å². The van der Waals surface area contributed by atoms with E-state index >= 15 is 0 Å². The Morgan fingerprint density at radius 1 is 1.17 bits per heavy atom. The van der Waals surface area contributed by atoms with Gasteiger partial charge in [-0.1, -0.05) is 13.8 Å². The number of ether oxygens (including phenoxy) is 1. The lowest BCUT2D eigenvalue weighted by molar-refractivity contribution is -0.151. The molecule has 0 aliphatic rings. The van der Waals surface area contributed by atoms with Crippen LogP contribution in [0.5, 0.6) is 0 Å². The molecule has 0 aliphatic heterocycles. The molecule has 0 aliphatic carbocycles. The van der Waals surface area contributed by atoms with Gasteiger partial charge in [0.2, 0.25) is 0 Å². The van der Waals surface area contributed by atoms with E-state index in [0.717, 1.165) is 6.42 Å². The topological polar surface area (TPSA) is 116 Å². The van der Waals surface area contributed by atoms with Crippen LogP contribution in [0, 0.1) is 11.8 Å². The van der Waals surface area contributed by atoms with Crippen LogP contribution in [0.4, 0.5) is 0 Å². The van der Waals surface area contributed by atoms with E-state index < -0.39 is 18.0 Å². The molecule has 0 spiro atoms. The van der Waals surface area contributed by atoms with Gasteiger partial charge in [0.25, 0.3) is 0 Å². The predicted molar refractivity (Wildman–Crippen MR) is 67.8 cm³/mol. The van der Waals surface area contributed by atoms with Gasteiger partial charge in [-0.2, -0.15) is 0 Å². The van der Waals surface area contributed by atoms with Crippen LogP contribution in [0.3, 0.4) is 0 Å². The second-order valence-corrected chi connectivity index (χ2v) is 5.03. The zero-order chi connectivity index (χ0) is 14.3. The fourth-order valence-electron chi connectivity index (χ4n) is 1.82. The van der Waals surface area contributed by atoms with E-state index in [1.807, 2.05) is 13.8 Å². The zero-order valence-corrected chi connectivity index (χ0v) is 11.3. The molecule has 3 unspecified atom stereocenters. The molecule has 6 heteroatoms. The Balaban J connectivity index is 3.99. The zero-order valence-electron chi connectivity index (χ0n) is 11.3. The summed E-state index contributed by atoms with van der Waals surface area (Å²) in [6.07, 6.45) is 1.51. The number of nitrogens with two attached hydrogens (primary N) is 2. The second-order valence-electron chi connectivity index (χ2n) is 5.03. The summed E-state index contributed by atoms with van der Waals surface area (Å²) in [7, 11) is 0. The van der Waals surface area contributed by atoms with Gasteiger partial charge in [0.15, 0.2) is 0 Å². The van der Waals surface area contributed by atoms with Crippen LogP contribution in [0.15, 0.2) is 0 Å².